The summed E-state index contributed by atoms with van der Waals surface area (Å²) in [4.78, 5) is 28.4. The van der Waals surface area contributed by atoms with Crippen LogP contribution in [0.4, 0.5) is 0 Å². The SMILES string of the molecule is O=C(CCC(=O)N1CCOCC2(CCC2)C1)N1CCC(O)CC1. The number of likely N-dealkylation sites (tertiary alicyclic amines) is 1. The molecule has 2 amide bonds. The number of carbonyl (C=O) groups excluding carboxylic acids is 2. The average molecular weight is 324 g/mol. The lowest BCUT2D eigenvalue weighted by Gasteiger charge is -2.42. The first-order chi connectivity index (χ1) is 11.1. The van der Waals surface area contributed by atoms with Crippen LogP contribution < -0.4 is 0 Å². The second-order valence-corrected chi connectivity index (χ2v) is 7.33. The highest BCUT2D eigenvalue weighted by Gasteiger charge is 2.41. The first kappa shape index (κ1) is 16.7. The van der Waals surface area contributed by atoms with E-state index in [2.05, 4.69) is 0 Å². The molecule has 1 saturated carbocycles. The molecule has 1 spiro atoms. The normalized spacial score (nSPS) is 25.1. The molecule has 0 radical (unpaired) electrons. The van der Waals surface area contributed by atoms with Crippen LogP contribution in [0.15, 0.2) is 0 Å². The van der Waals surface area contributed by atoms with Crippen LogP contribution in [-0.4, -0.2) is 72.2 Å². The molecule has 0 aromatic heterocycles. The lowest BCUT2D eigenvalue weighted by Crippen LogP contribution is -2.46. The zero-order chi connectivity index (χ0) is 16.3. The minimum atomic E-state index is -0.281. The summed E-state index contributed by atoms with van der Waals surface area (Å²) >= 11 is 0. The van der Waals surface area contributed by atoms with Gasteiger partial charge in [0.1, 0.15) is 0 Å². The van der Waals surface area contributed by atoms with Crippen LogP contribution >= 0.6 is 0 Å². The fraction of sp³-hybridized carbons (Fsp3) is 0.882. The summed E-state index contributed by atoms with van der Waals surface area (Å²) in [5.41, 5.74) is 0.180. The van der Waals surface area contributed by atoms with E-state index >= 15 is 0 Å². The molecule has 0 atom stereocenters. The van der Waals surface area contributed by atoms with Gasteiger partial charge in [-0.15, -0.1) is 0 Å². The van der Waals surface area contributed by atoms with Gasteiger partial charge in [-0.25, -0.2) is 0 Å². The molecule has 2 saturated heterocycles. The first-order valence-corrected chi connectivity index (χ1v) is 8.89. The summed E-state index contributed by atoms with van der Waals surface area (Å²) in [5.74, 6) is 0.113. The number of hydrogen-bond donors (Lipinski definition) is 1. The van der Waals surface area contributed by atoms with Gasteiger partial charge in [0.2, 0.25) is 11.8 Å². The number of ether oxygens (including phenoxy) is 1. The van der Waals surface area contributed by atoms with E-state index in [-0.39, 0.29) is 36.2 Å². The lowest BCUT2D eigenvalue weighted by atomic mass is 9.69. The third-order valence-electron chi connectivity index (χ3n) is 5.58. The maximum Gasteiger partial charge on any atom is 0.223 e. The van der Waals surface area contributed by atoms with Gasteiger partial charge in [-0.05, 0) is 25.7 Å². The zero-order valence-electron chi connectivity index (χ0n) is 13.8. The Labute approximate surface area is 137 Å². The summed E-state index contributed by atoms with van der Waals surface area (Å²) in [5, 5.41) is 9.49. The fourth-order valence-corrected chi connectivity index (χ4v) is 3.83. The number of piperidine rings is 1. The van der Waals surface area contributed by atoms with E-state index in [1.54, 1.807) is 4.90 Å². The van der Waals surface area contributed by atoms with Gasteiger partial charge in [-0.1, -0.05) is 6.42 Å². The van der Waals surface area contributed by atoms with Crippen LogP contribution in [-0.2, 0) is 14.3 Å². The van der Waals surface area contributed by atoms with Gasteiger partial charge in [0.15, 0.2) is 0 Å². The minimum Gasteiger partial charge on any atom is -0.393 e. The summed E-state index contributed by atoms with van der Waals surface area (Å²) in [6.07, 6.45) is 5.09. The van der Waals surface area contributed by atoms with E-state index in [0.717, 1.165) is 26.0 Å². The molecule has 6 heteroatoms. The Balaban J connectivity index is 1.45. The van der Waals surface area contributed by atoms with Gasteiger partial charge >= 0.3 is 0 Å². The van der Waals surface area contributed by atoms with Crippen LogP contribution in [0.25, 0.3) is 0 Å². The van der Waals surface area contributed by atoms with Crippen molar-refractivity contribution < 1.29 is 19.4 Å². The van der Waals surface area contributed by atoms with Gasteiger partial charge in [0.25, 0.3) is 0 Å². The van der Waals surface area contributed by atoms with Crippen molar-refractivity contribution in [3.63, 3.8) is 0 Å². The number of nitrogens with zero attached hydrogens (tertiary/aromatic N) is 2. The van der Waals surface area contributed by atoms with E-state index < -0.39 is 0 Å². The number of rotatable bonds is 3. The largest absolute Gasteiger partial charge is 0.393 e. The van der Waals surface area contributed by atoms with E-state index in [0.29, 0.717) is 39.1 Å². The number of aliphatic hydroxyl groups excluding tert-OH is 1. The van der Waals surface area contributed by atoms with Crippen LogP contribution in [0.3, 0.4) is 0 Å². The van der Waals surface area contributed by atoms with Crippen molar-refractivity contribution in [1.82, 2.24) is 9.80 Å². The highest BCUT2D eigenvalue weighted by molar-refractivity contribution is 5.84. The van der Waals surface area contributed by atoms with Crippen molar-refractivity contribution in [2.45, 2.75) is 51.0 Å². The maximum atomic E-state index is 12.5. The Kier molecular flexibility index (Phi) is 5.21. The predicted molar refractivity (Wildman–Crippen MR) is 84.7 cm³/mol. The summed E-state index contributed by atoms with van der Waals surface area (Å²) in [6, 6.07) is 0. The Morgan fingerprint density at radius 3 is 2.30 bits per heavy atom. The molecule has 3 aliphatic rings. The molecule has 0 aromatic carbocycles. The summed E-state index contributed by atoms with van der Waals surface area (Å²) in [7, 11) is 0. The molecule has 2 aliphatic heterocycles. The van der Waals surface area contributed by atoms with Gasteiger partial charge < -0.3 is 19.6 Å². The zero-order valence-corrected chi connectivity index (χ0v) is 13.8. The molecule has 1 aliphatic carbocycles. The van der Waals surface area contributed by atoms with Gasteiger partial charge in [-0.3, -0.25) is 9.59 Å². The molecule has 1 N–H and O–H groups in total. The minimum absolute atomic E-state index is 0.0367. The molecular weight excluding hydrogens is 296 g/mol. The van der Waals surface area contributed by atoms with Crippen LogP contribution in [0.5, 0.6) is 0 Å². The molecule has 6 nitrogen and oxygen atoms in total. The standard InChI is InChI=1S/C17H28N2O4/c20-14-4-8-18(9-5-14)15(21)2-3-16(22)19-10-11-23-13-17(12-19)6-1-7-17/h14,20H,1-13H2. The van der Waals surface area contributed by atoms with Gasteiger partial charge in [0, 0.05) is 44.4 Å². The summed E-state index contributed by atoms with van der Waals surface area (Å²) < 4.78 is 5.67. The Morgan fingerprint density at radius 1 is 1.04 bits per heavy atom. The van der Waals surface area contributed by atoms with Crippen molar-refractivity contribution in [3.8, 4) is 0 Å². The monoisotopic (exact) mass is 324 g/mol. The Bertz CT molecular complexity index is 442. The Morgan fingerprint density at radius 2 is 1.70 bits per heavy atom. The number of amides is 2. The predicted octanol–water partition coefficient (Wildman–Crippen LogP) is 0.779. The molecule has 3 rings (SSSR count). The molecule has 130 valence electrons. The van der Waals surface area contributed by atoms with Crippen molar-refractivity contribution in [3.05, 3.63) is 0 Å². The molecule has 0 aromatic rings. The second kappa shape index (κ2) is 7.18. The van der Waals surface area contributed by atoms with E-state index in [1.165, 1.54) is 6.42 Å². The molecular formula is C17H28N2O4. The highest BCUT2D eigenvalue weighted by Crippen LogP contribution is 2.42. The first-order valence-electron chi connectivity index (χ1n) is 8.89. The quantitative estimate of drug-likeness (QED) is 0.833. The van der Waals surface area contributed by atoms with Gasteiger partial charge in [0.05, 0.1) is 19.3 Å². The molecule has 0 unspecified atom stereocenters. The molecule has 2 heterocycles. The topological polar surface area (TPSA) is 70.1 Å². The average Bonchev–Trinajstić information content (AvgIpc) is 2.76. The van der Waals surface area contributed by atoms with Crippen LogP contribution in [0.1, 0.15) is 44.9 Å². The van der Waals surface area contributed by atoms with E-state index in [4.69, 9.17) is 4.74 Å². The van der Waals surface area contributed by atoms with Crippen LogP contribution in [0, 0.1) is 5.41 Å². The lowest BCUT2D eigenvalue weighted by molar-refractivity contribution is -0.139. The molecule has 23 heavy (non-hydrogen) atoms. The van der Waals surface area contributed by atoms with Crippen molar-refractivity contribution in [2.24, 2.45) is 5.41 Å². The number of hydrogen-bond acceptors (Lipinski definition) is 4. The third kappa shape index (κ3) is 4.04. The third-order valence-corrected chi connectivity index (χ3v) is 5.58. The van der Waals surface area contributed by atoms with E-state index in [1.807, 2.05) is 4.90 Å². The highest BCUT2D eigenvalue weighted by atomic mass is 16.5. The Hall–Kier alpha value is -1.14. The van der Waals surface area contributed by atoms with Crippen molar-refractivity contribution in [2.75, 3.05) is 39.4 Å². The van der Waals surface area contributed by atoms with E-state index in [9.17, 15) is 14.7 Å². The van der Waals surface area contributed by atoms with Crippen molar-refractivity contribution >= 4 is 11.8 Å². The summed E-state index contributed by atoms with van der Waals surface area (Å²) in [6.45, 7) is 4.02. The number of aliphatic hydroxyl groups is 1. The molecule has 3 fully saturated rings. The van der Waals surface area contributed by atoms with Crippen molar-refractivity contribution in [1.29, 1.82) is 0 Å². The fourth-order valence-electron chi connectivity index (χ4n) is 3.83. The van der Waals surface area contributed by atoms with Crippen LogP contribution in [0.2, 0.25) is 0 Å². The van der Waals surface area contributed by atoms with Gasteiger partial charge in [-0.2, -0.15) is 0 Å². The maximum absolute atomic E-state index is 12.5. The molecule has 0 bridgehead atoms. The number of carbonyl (C=O) groups is 2. The second-order valence-electron chi connectivity index (χ2n) is 7.33. The smallest absolute Gasteiger partial charge is 0.223 e.